The van der Waals surface area contributed by atoms with E-state index in [1.165, 1.54) is 25.1 Å². The molecule has 2 aromatic carbocycles. The van der Waals surface area contributed by atoms with Crippen LogP contribution in [0.5, 0.6) is 0 Å². The number of cyclic esters (lactones) is 1. The number of carbonyl (C=O) groups is 6. The Kier molecular flexibility index (Phi) is 13.5. The van der Waals surface area contributed by atoms with Crippen molar-refractivity contribution in [3.05, 3.63) is 88.5 Å². The zero-order chi connectivity index (χ0) is 44.3. The maximum atomic E-state index is 13.9. The fraction of sp³-hybridized carbons (Fsp3) is 0.511. The van der Waals surface area contributed by atoms with Crippen LogP contribution in [0.2, 0.25) is 0 Å². The molecule has 7 atom stereocenters. The van der Waals surface area contributed by atoms with Gasteiger partial charge < -0.3 is 49.3 Å². The van der Waals surface area contributed by atoms with Crippen LogP contribution in [0.15, 0.2) is 66.3 Å². The minimum atomic E-state index is -1.47. The van der Waals surface area contributed by atoms with Crippen molar-refractivity contribution >= 4 is 41.8 Å². The second-order valence-electron chi connectivity index (χ2n) is 17.6. The number of fused-ring (bicyclic) bond motifs is 2. The highest BCUT2D eigenvalue weighted by molar-refractivity contribution is 5.98. The summed E-state index contributed by atoms with van der Waals surface area (Å²) in [6, 6.07) is 11.7. The van der Waals surface area contributed by atoms with Gasteiger partial charge in [0.05, 0.1) is 24.3 Å². The Balaban J connectivity index is 1.16. The number of aliphatic hydroxyl groups excluding tert-OH is 2. The number of aliphatic hydroxyl groups is 2. The van der Waals surface area contributed by atoms with Gasteiger partial charge in [-0.3, -0.25) is 14.4 Å². The van der Waals surface area contributed by atoms with E-state index in [0.717, 1.165) is 17.2 Å². The molecule has 16 heteroatoms. The quantitative estimate of drug-likeness (QED) is 0.122. The van der Waals surface area contributed by atoms with Crippen molar-refractivity contribution in [2.24, 2.45) is 5.41 Å². The molecule has 1 spiro atoms. The van der Waals surface area contributed by atoms with Crippen molar-refractivity contribution in [1.82, 2.24) is 10.6 Å². The monoisotopic (exact) mass is 846 g/mol. The van der Waals surface area contributed by atoms with Crippen LogP contribution in [0.25, 0.3) is 6.08 Å². The van der Waals surface area contributed by atoms with E-state index in [1.54, 1.807) is 52.8 Å². The highest BCUT2D eigenvalue weighted by Crippen LogP contribution is 2.45. The maximum Gasteiger partial charge on any atom is 0.348 e. The summed E-state index contributed by atoms with van der Waals surface area (Å²) in [4.78, 5) is 78.1. The number of carbonyl (C=O) groups excluding carboxylic acids is 6. The largest absolute Gasteiger partial charge is 0.462 e. The predicted molar refractivity (Wildman–Crippen MR) is 216 cm³/mol. The molecule has 0 radical (unpaired) electrons. The van der Waals surface area contributed by atoms with Gasteiger partial charge in [0.15, 0.2) is 5.79 Å². The van der Waals surface area contributed by atoms with E-state index in [2.05, 4.69) is 10.6 Å². The molecule has 0 saturated carbocycles. The molecule has 2 aliphatic heterocycles. The molecule has 2 fully saturated rings. The molecule has 4 N–H and O–H groups in total. The van der Waals surface area contributed by atoms with Gasteiger partial charge in [-0.1, -0.05) is 50.2 Å². The van der Waals surface area contributed by atoms with Gasteiger partial charge in [0.2, 0.25) is 17.9 Å². The Morgan fingerprint density at radius 1 is 0.984 bits per heavy atom. The van der Waals surface area contributed by atoms with Crippen LogP contribution in [0.4, 0.5) is 0 Å². The third kappa shape index (κ3) is 11.1. The number of ether oxygens (including phenoxy) is 6. The minimum absolute atomic E-state index is 0.0461. The molecule has 0 bridgehead atoms. The van der Waals surface area contributed by atoms with Crippen LogP contribution in [0, 0.1) is 5.41 Å². The lowest BCUT2D eigenvalue weighted by Gasteiger charge is -2.31. The topological polar surface area (TPSA) is 222 Å². The van der Waals surface area contributed by atoms with Crippen LogP contribution in [0.1, 0.15) is 87.9 Å². The van der Waals surface area contributed by atoms with E-state index in [9.17, 15) is 39.0 Å². The second-order valence-corrected chi connectivity index (χ2v) is 17.6. The third-order valence-electron chi connectivity index (χ3n) is 10.8. The first kappa shape index (κ1) is 45.1. The Labute approximate surface area is 353 Å². The van der Waals surface area contributed by atoms with Crippen LogP contribution in [-0.2, 0) is 65.2 Å². The molecule has 0 aromatic heterocycles. The molecular formula is C45H54N2O14. The highest BCUT2D eigenvalue weighted by Gasteiger charge is 2.55. The summed E-state index contributed by atoms with van der Waals surface area (Å²) >= 11 is 0. The van der Waals surface area contributed by atoms with Gasteiger partial charge in [-0.25, -0.2) is 14.4 Å². The molecule has 4 aliphatic rings. The lowest BCUT2D eigenvalue weighted by atomic mass is 9.90. The standard InChI is InChI=1S/C45H54N2O14/c1-25(49)36(40(53)46-31(23-48)15-17-35(51)60-43(2,3)4)47-39(52)30-19-32(37-33(20-30)59-45(61-37)21-28-11-7-8-12-29(28)22-45)57-41(54)27-13-9-10-26(18-27)14-16-34(50)58-38-42(55)56-24-44(38,5)6/h7-14,16,18,20,25,31-33,36-38,48-49H,15,17,19,21-24H2,1-6H3,(H,46,53)(H,47,52). The molecule has 2 aromatic rings. The Bertz CT molecular complexity index is 2060. The average molecular weight is 847 g/mol. The molecule has 6 rings (SSSR count). The van der Waals surface area contributed by atoms with Gasteiger partial charge in [-0.15, -0.1) is 0 Å². The summed E-state index contributed by atoms with van der Waals surface area (Å²) in [7, 11) is 0. The average Bonchev–Trinajstić information content (AvgIpc) is 3.83. The van der Waals surface area contributed by atoms with Crippen LogP contribution in [0.3, 0.4) is 0 Å². The first-order valence-electron chi connectivity index (χ1n) is 20.4. The highest BCUT2D eigenvalue weighted by atomic mass is 16.8. The lowest BCUT2D eigenvalue weighted by molar-refractivity contribution is -0.172. The zero-order valence-electron chi connectivity index (χ0n) is 35.1. The van der Waals surface area contributed by atoms with Crippen molar-refractivity contribution in [1.29, 1.82) is 0 Å². The summed E-state index contributed by atoms with van der Waals surface area (Å²) in [5, 5.41) is 25.7. The molecule has 16 nitrogen and oxygen atoms in total. The summed E-state index contributed by atoms with van der Waals surface area (Å²) in [5.41, 5.74) is 1.38. The van der Waals surface area contributed by atoms with Crippen LogP contribution < -0.4 is 10.6 Å². The van der Waals surface area contributed by atoms with Crippen LogP contribution in [-0.4, -0.2) is 113 Å². The Morgan fingerprint density at radius 2 is 1.69 bits per heavy atom. The Hall–Kier alpha value is -5.42. The van der Waals surface area contributed by atoms with Crippen molar-refractivity contribution in [2.75, 3.05) is 13.2 Å². The maximum absolute atomic E-state index is 13.9. The van der Waals surface area contributed by atoms with Gasteiger partial charge in [0, 0.05) is 42.7 Å². The number of benzene rings is 2. The SMILES string of the molecule is CC(O)C(NC(=O)C1=CC2OC3(Cc4ccccc4C3)OC2C(OC(=O)c2cccc(C=CC(=O)OC3C(=O)OCC3(C)C)c2)C1)C(=O)NC(CO)CCC(=O)OC(C)(C)C. The molecule has 2 amide bonds. The van der Waals surface area contributed by atoms with E-state index in [0.29, 0.717) is 18.4 Å². The lowest BCUT2D eigenvalue weighted by Crippen LogP contribution is -2.55. The summed E-state index contributed by atoms with van der Waals surface area (Å²) in [6.45, 7) is 9.61. The smallest absolute Gasteiger partial charge is 0.348 e. The van der Waals surface area contributed by atoms with Crippen molar-refractivity contribution in [3.63, 3.8) is 0 Å². The number of esters is 4. The van der Waals surface area contributed by atoms with Crippen LogP contribution >= 0.6 is 0 Å². The Morgan fingerprint density at radius 3 is 2.31 bits per heavy atom. The molecule has 2 heterocycles. The van der Waals surface area contributed by atoms with Crippen molar-refractivity contribution in [2.45, 2.75) is 128 Å². The molecule has 7 unspecified atom stereocenters. The zero-order valence-corrected chi connectivity index (χ0v) is 35.1. The number of hydrogen-bond acceptors (Lipinski definition) is 14. The number of amides is 2. The van der Waals surface area contributed by atoms with E-state index in [4.69, 9.17) is 28.4 Å². The molecule has 2 saturated heterocycles. The molecule has 328 valence electrons. The summed E-state index contributed by atoms with van der Waals surface area (Å²) in [5.74, 6) is -5.26. The van der Waals surface area contributed by atoms with Gasteiger partial charge in [0.1, 0.15) is 36.6 Å². The van der Waals surface area contributed by atoms with Gasteiger partial charge in [0.25, 0.3) is 0 Å². The van der Waals surface area contributed by atoms with Gasteiger partial charge in [-0.2, -0.15) is 0 Å². The first-order chi connectivity index (χ1) is 28.7. The number of nitrogens with one attached hydrogen (secondary N) is 2. The predicted octanol–water partition coefficient (Wildman–Crippen LogP) is 2.79. The normalized spacial score (nSPS) is 23.8. The van der Waals surface area contributed by atoms with Gasteiger partial charge in [-0.05, 0) is 75.1 Å². The summed E-state index contributed by atoms with van der Waals surface area (Å²) in [6.07, 6.45) is -0.307. The van der Waals surface area contributed by atoms with Crippen molar-refractivity contribution in [3.8, 4) is 0 Å². The van der Waals surface area contributed by atoms with E-state index in [-0.39, 0.29) is 37.0 Å². The first-order valence-corrected chi connectivity index (χ1v) is 20.4. The second kappa shape index (κ2) is 18.3. The summed E-state index contributed by atoms with van der Waals surface area (Å²) < 4.78 is 34.9. The number of rotatable bonds is 14. The fourth-order valence-corrected chi connectivity index (χ4v) is 7.72. The molecule has 2 aliphatic carbocycles. The fourth-order valence-electron chi connectivity index (χ4n) is 7.72. The minimum Gasteiger partial charge on any atom is -0.462 e. The van der Waals surface area contributed by atoms with Crippen molar-refractivity contribution < 1.29 is 67.4 Å². The molecule has 61 heavy (non-hydrogen) atoms. The number of hydrogen-bond donors (Lipinski definition) is 4. The van der Waals surface area contributed by atoms with E-state index in [1.807, 2.05) is 24.3 Å². The van der Waals surface area contributed by atoms with E-state index >= 15 is 0 Å². The van der Waals surface area contributed by atoms with Gasteiger partial charge >= 0.3 is 23.9 Å². The van der Waals surface area contributed by atoms with E-state index < -0.39 is 102 Å². The third-order valence-corrected chi connectivity index (χ3v) is 10.8. The molecular weight excluding hydrogens is 792 g/mol.